The van der Waals surface area contributed by atoms with Crippen LogP contribution in [0.1, 0.15) is 30.5 Å². The molecule has 1 amide bonds. The Morgan fingerprint density at radius 2 is 1.70 bits per heavy atom. The number of nitrogens with one attached hydrogen (secondary N) is 1. The maximum absolute atomic E-state index is 12.2. The summed E-state index contributed by atoms with van der Waals surface area (Å²) in [4.78, 5) is 24.0. The summed E-state index contributed by atoms with van der Waals surface area (Å²) in [6, 6.07) is 10.9. The van der Waals surface area contributed by atoms with Crippen molar-refractivity contribution in [3.05, 3.63) is 69.2 Å². The molecule has 0 heterocycles. The second-order valence-corrected chi connectivity index (χ2v) is 6.64. The second-order valence-electron chi connectivity index (χ2n) is 5.82. The normalized spacial score (nSPS) is 10.8. The molecule has 1 N–H and O–H groups in total. The minimum absolute atomic E-state index is 0.355. The molecule has 0 bridgehead atoms. The number of aryl methyl sites for hydroxylation is 2. The third-order valence-corrected chi connectivity index (χ3v) is 4.70. The van der Waals surface area contributed by atoms with E-state index in [0.717, 1.165) is 29.7 Å². The molecule has 0 aliphatic carbocycles. The molecule has 0 spiro atoms. The smallest absolute Gasteiger partial charge is 0.331 e. The molecule has 0 fully saturated rings. The van der Waals surface area contributed by atoms with Gasteiger partial charge < -0.3 is 10.1 Å². The lowest BCUT2D eigenvalue weighted by Gasteiger charge is -2.14. The first-order chi connectivity index (χ1) is 12.9. The van der Waals surface area contributed by atoms with Gasteiger partial charge in [-0.3, -0.25) is 4.79 Å². The van der Waals surface area contributed by atoms with Gasteiger partial charge in [0.25, 0.3) is 5.91 Å². The zero-order chi connectivity index (χ0) is 19.8. The minimum Gasteiger partial charge on any atom is -0.452 e. The molecular formula is C21H21Cl2NO3. The van der Waals surface area contributed by atoms with Crippen molar-refractivity contribution in [2.45, 2.75) is 26.7 Å². The number of hydrogen-bond donors (Lipinski definition) is 1. The standard InChI is InChI=1S/C21H21Cl2NO3/c1-3-15-6-5-7-16(4-2)21(15)24-19(25)13-27-20(26)11-9-14-8-10-17(22)18(23)12-14/h5-12H,3-4,13H2,1-2H3,(H,24,25)/b11-9+. The van der Waals surface area contributed by atoms with Crippen molar-refractivity contribution in [3.8, 4) is 0 Å². The summed E-state index contributed by atoms with van der Waals surface area (Å²) in [5, 5.41) is 3.68. The van der Waals surface area contributed by atoms with E-state index >= 15 is 0 Å². The number of carbonyl (C=O) groups is 2. The lowest BCUT2D eigenvalue weighted by atomic mass is 10.0. The van der Waals surface area contributed by atoms with Crippen LogP contribution in [-0.2, 0) is 27.2 Å². The Balaban J connectivity index is 1.93. The van der Waals surface area contributed by atoms with Crippen molar-refractivity contribution in [2.75, 3.05) is 11.9 Å². The molecule has 2 rings (SSSR count). The average Bonchev–Trinajstić information content (AvgIpc) is 2.67. The fraction of sp³-hybridized carbons (Fsp3) is 0.238. The second kappa shape index (κ2) is 10.1. The predicted octanol–water partition coefficient (Wildman–Crippen LogP) is 5.31. The molecule has 142 valence electrons. The first-order valence-corrected chi connectivity index (χ1v) is 9.40. The van der Waals surface area contributed by atoms with Gasteiger partial charge in [0, 0.05) is 11.8 Å². The lowest BCUT2D eigenvalue weighted by Crippen LogP contribution is -2.21. The van der Waals surface area contributed by atoms with Crippen molar-refractivity contribution >= 4 is 46.8 Å². The molecule has 0 unspecified atom stereocenters. The van der Waals surface area contributed by atoms with Gasteiger partial charge in [0.15, 0.2) is 6.61 Å². The van der Waals surface area contributed by atoms with Crippen LogP contribution in [0, 0.1) is 0 Å². The average molecular weight is 406 g/mol. The number of carbonyl (C=O) groups excluding carboxylic acids is 2. The van der Waals surface area contributed by atoms with E-state index in [9.17, 15) is 9.59 Å². The summed E-state index contributed by atoms with van der Waals surface area (Å²) in [5.74, 6) is -0.988. The van der Waals surface area contributed by atoms with Gasteiger partial charge in [-0.25, -0.2) is 4.79 Å². The fourth-order valence-electron chi connectivity index (χ4n) is 2.54. The van der Waals surface area contributed by atoms with Crippen LogP contribution in [0.4, 0.5) is 5.69 Å². The van der Waals surface area contributed by atoms with Crippen LogP contribution >= 0.6 is 23.2 Å². The topological polar surface area (TPSA) is 55.4 Å². The molecule has 0 aliphatic rings. The fourth-order valence-corrected chi connectivity index (χ4v) is 2.85. The SMILES string of the molecule is CCc1cccc(CC)c1NC(=O)COC(=O)/C=C/c1ccc(Cl)c(Cl)c1. The summed E-state index contributed by atoms with van der Waals surface area (Å²) < 4.78 is 5.00. The van der Waals surface area contributed by atoms with Crippen molar-refractivity contribution in [3.63, 3.8) is 0 Å². The van der Waals surface area contributed by atoms with E-state index in [-0.39, 0.29) is 12.5 Å². The van der Waals surface area contributed by atoms with Crippen LogP contribution < -0.4 is 5.32 Å². The Morgan fingerprint density at radius 1 is 1.04 bits per heavy atom. The van der Waals surface area contributed by atoms with Crippen LogP contribution in [0.2, 0.25) is 10.0 Å². The Kier molecular flexibility index (Phi) is 7.89. The number of halogens is 2. The van der Waals surface area contributed by atoms with Crippen molar-refractivity contribution in [1.82, 2.24) is 0 Å². The number of anilines is 1. The van der Waals surface area contributed by atoms with Gasteiger partial charge in [0.05, 0.1) is 10.0 Å². The van der Waals surface area contributed by atoms with E-state index in [1.165, 1.54) is 6.08 Å². The number of benzene rings is 2. The molecule has 0 atom stereocenters. The molecule has 27 heavy (non-hydrogen) atoms. The largest absolute Gasteiger partial charge is 0.452 e. The van der Waals surface area contributed by atoms with Gasteiger partial charge in [-0.2, -0.15) is 0 Å². The summed E-state index contributed by atoms with van der Waals surface area (Å²) in [5.41, 5.74) is 3.60. The lowest BCUT2D eigenvalue weighted by molar-refractivity contribution is -0.142. The number of ether oxygens (including phenoxy) is 1. The molecule has 0 aromatic heterocycles. The highest BCUT2D eigenvalue weighted by atomic mass is 35.5. The van der Waals surface area contributed by atoms with Crippen molar-refractivity contribution < 1.29 is 14.3 Å². The highest BCUT2D eigenvalue weighted by molar-refractivity contribution is 6.42. The van der Waals surface area contributed by atoms with E-state index in [0.29, 0.717) is 15.6 Å². The molecule has 4 nitrogen and oxygen atoms in total. The Morgan fingerprint density at radius 3 is 2.30 bits per heavy atom. The number of para-hydroxylation sites is 1. The molecule has 0 aliphatic heterocycles. The highest BCUT2D eigenvalue weighted by Gasteiger charge is 2.11. The van der Waals surface area contributed by atoms with Crippen LogP contribution in [0.3, 0.4) is 0 Å². The molecular weight excluding hydrogens is 385 g/mol. The monoisotopic (exact) mass is 405 g/mol. The maximum Gasteiger partial charge on any atom is 0.331 e. The Bertz CT molecular complexity index is 840. The van der Waals surface area contributed by atoms with Crippen molar-refractivity contribution in [1.29, 1.82) is 0 Å². The van der Waals surface area contributed by atoms with E-state index in [4.69, 9.17) is 27.9 Å². The maximum atomic E-state index is 12.2. The van der Waals surface area contributed by atoms with E-state index < -0.39 is 5.97 Å². The van der Waals surface area contributed by atoms with Crippen LogP contribution in [0.5, 0.6) is 0 Å². The zero-order valence-electron chi connectivity index (χ0n) is 15.2. The van der Waals surface area contributed by atoms with Crippen molar-refractivity contribution in [2.24, 2.45) is 0 Å². The first-order valence-electron chi connectivity index (χ1n) is 8.65. The number of esters is 1. The third-order valence-electron chi connectivity index (χ3n) is 3.96. The van der Waals surface area contributed by atoms with E-state index in [1.54, 1.807) is 24.3 Å². The van der Waals surface area contributed by atoms with E-state index in [1.807, 2.05) is 32.0 Å². The van der Waals surface area contributed by atoms with Gasteiger partial charge in [0.1, 0.15) is 0 Å². The molecule has 0 saturated carbocycles. The molecule has 0 saturated heterocycles. The zero-order valence-corrected chi connectivity index (χ0v) is 16.7. The van der Waals surface area contributed by atoms with Gasteiger partial charge in [-0.15, -0.1) is 0 Å². The van der Waals surface area contributed by atoms with E-state index in [2.05, 4.69) is 5.32 Å². The van der Waals surface area contributed by atoms with Crippen LogP contribution in [-0.4, -0.2) is 18.5 Å². The number of rotatable bonds is 7. The predicted molar refractivity (Wildman–Crippen MR) is 110 cm³/mol. The highest BCUT2D eigenvalue weighted by Crippen LogP contribution is 2.23. The molecule has 2 aromatic carbocycles. The molecule has 2 aromatic rings. The van der Waals surface area contributed by atoms with Crippen LogP contribution in [0.15, 0.2) is 42.5 Å². The minimum atomic E-state index is -0.615. The Labute approximate surface area is 169 Å². The number of amides is 1. The molecule has 0 radical (unpaired) electrons. The summed E-state index contributed by atoms with van der Waals surface area (Å²) in [6.07, 6.45) is 4.39. The molecule has 6 heteroatoms. The van der Waals surface area contributed by atoms with Gasteiger partial charge in [0.2, 0.25) is 0 Å². The summed E-state index contributed by atoms with van der Waals surface area (Å²) >= 11 is 11.8. The summed E-state index contributed by atoms with van der Waals surface area (Å²) in [7, 11) is 0. The van der Waals surface area contributed by atoms with Gasteiger partial charge in [-0.1, -0.05) is 61.3 Å². The third kappa shape index (κ3) is 6.12. The number of hydrogen-bond acceptors (Lipinski definition) is 3. The van der Waals surface area contributed by atoms with Gasteiger partial charge >= 0.3 is 5.97 Å². The van der Waals surface area contributed by atoms with Gasteiger partial charge in [-0.05, 0) is 47.7 Å². The quantitative estimate of drug-likeness (QED) is 0.501. The first kappa shape index (κ1) is 21.0. The Hall–Kier alpha value is -2.30. The summed E-state index contributed by atoms with van der Waals surface area (Å²) in [6.45, 7) is 3.70. The van der Waals surface area contributed by atoms with Crippen LogP contribution in [0.25, 0.3) is 6.08 Å².